The van der Waals surface area contributed by atoms with Crippen LogP contribution in [0.25, 0.3) is 0 Å². The number of amides is 1. The molecule has 1 heterocycles. The predicted octanol–water partition coefficient (Wildman–Crippen LogP) is 1.51. The third kappa shape index (κ3) is 7.25. The molecule has 0 aliphatic rings. The summed E-state index contributed by atoms with van der Waals surface area (Å²) in [5, 5.41) is 0. The fourth-order valence-electron chi connectivity index (χ4n) is 2.69. The van der Waals surface area contributed by atoms with E-state index in [9.17, 15) is 14.4 Å². The van der Waals surface area contributed by atoms with Crippen molar-refractivity contribution in [3.63, 3.8) is 0 Å². The molecule has 0 bridgehead atoms. The zero-order chi connectivity index (χ0) is 21.2. The molecule has 2 rings (SSSR count). The highest BCUT2D eigenvalue weighted by molar-refractivity contribution is 5.83. The Bertz CT molecular complexity index is 852. The van der Waals surface area contributed by atoms with E-state index in [0.717, 1.165) is 11.1 Å². The number of nitrogen functional groups attached to an aromatic ring is 1. The van der Waals surface area contributed by atoms with Gasteiger partial charge in [0.15, 0.2) is 0 Å². The number of carbonyl (C=O) groups excluding carboxylic acids is 3. The first-order valence-electron chi connectivity index (χ1n) is 9.12. The predicted molar refractivity (Wildman–Crippen MR) is 107 cm³/mol. The lowest BCUT2D eigenvalue weighted by Crippen LogP contribution is -2.37. The van der Waals surface area contributed by atoms with Crippen LogP contribution in [0.1, 0.15) is 23.2 Å². The molecular formula is C21H25N3O5. The number of anilines is 1. The molecule has 8 heteroatoms. The number of esters is 2. The van der Waals surface area contributed by atoms with E-state index in [-0.39, 0.29) is 31.4 Å². The van der Waals surface area contributed by atoms with Crippen molar-refractivity contribution in [1.82, 2.24) is 9.88 Å². The van der Waals surface area contributed by atoms with E-state index in [0.29, 0.717) is 24.4 Å². The third-order valence-electron chi connectivity index (χ3n) is 4.31. The summed E-state index contributed by atoms with van der Waals surface area (Å²) in [6.45, 7) is -0.0286. The van der Waals surface area contributed by atoms with Crippen LogP contribution in [0.3, 0.4) is 0 Å². The van der Waals surface area contributed by atoms with Gasteiger partial charge in [0.1, 0.15) is 12.4 Å². The van der Waals surface area contributed by atoms with Crippen LogP contribution in [-0.2, 0) is 43.2 Å². The number of hydrogen-bond donors (Lipinski definition) is 1. The van der Waals surface area contributed by atoms with Gasteiger partial charge in [-0.3, -0.25) is 14.4 Å². The van der Waals surface area contributed by atoms with Gasteiger partial charge in [0, 0.05) is 6.42 Å². The molecule has 0 saturated carbocycles. The zero-order valence-electron chi connectivity index (χ0n) is 16.6. The number of nitrogens with zero attached hydrogens (tertiary/aromatic N) is 2. The Morgan fingerprint density at radius 2 is 1.62 bits per heavy atom. The maximum absolute atomic E-state index is 12.8. The molecule has 0 unspecified atom stereocenters. The Hall–Kier alpha value is -3.42. The highest BCUT2D eigenvalue weighted by Gasteiger charge is 2.19. The van der Waals surface area contributed by atoms with Crippen molar-refractivity contribution < 1.29 is 23.9 Å². The summed E-state index contributed by atoms with van der Waals surface area (Å²) in [6, 6.07) is 12.5. The van der Waals surface area contributed by atoms with Crippen LogP contribution in [0.4, 0.5) is 5.82 Å². The molecule has 1 aromatic heterocycles. The van der Waals surface area contributed by atoms with Crippen LogP contribution < -0.4 is 5.73 Å². The van der Waals surface area contributed by atoms with Gasteiger partial charge >= 0.3 is 11.9 Å². The average molecular weight is 399 g/mol. The molecule has 0 aliphatic heterocycles. The average Bonchev–Trinajstić information content (AvgIpc) is 2.72. The number of ether oxygens (including phenoxy) is 2. The van der Waals surface area contributed by atoms with Crippen LogP contribution in [0, 0.1) is 0 Å². The Morgan fingerprint density at radius 1 is 0.966 bits per heavy atom. The van der Waals surface area contributed by atoms with Crippen LogP contribution in [-0.4, -0.2) is 48.5 Å². The topological polar surface area (TPSA) is 112 Å². The summed E-state index contributed by atoms with van der Waals surface area (Å²) >= 11 is 0. The molecule has 0 aliphatic carbocycles. The number of carbonyl (C=O) groups is 3. The van der Waals surface area contributed by atoms with Crippen molar-refractivity contribution in [3.8, 4) is 0 Å². The van der Waals surface area contributed by atoms with Gasteiger partial charge in [0.05, 0.1) is 32.9 Å². The number of aryl methyl sites for hydroxylation is 1. The molecule has 29 heavy (non-hydrogen) atoms. The van der Waals surface area contributed by atoms with Gasteiger partial charge in [-0.2, -0.15) is 0 Å². The first-order chi connectivity index (χ1) is 13.9. The molecule has 8 nitrogen and oxygen atoms in total. The van der Waals surface area contributed by atoms with E-state index in [4.69, 9.17) is 10.5 Å². The quantitative estimate of drug-likeness (QED) is 0.636. The Morgan fingerprint density at radius 3 is 2.24 bits per heavy atom. The molecule has 0 atom stereocenters. The van der Waals surface area contributed by atoms with E-state index in [1.165, 1.54) is 19.1 Å². The maximum Gasteiger partial charge on any atom is 0.325 e. The van der Waals surface area contributed by atoms with E-state index in [1.54, 1.807) is 18.2 Å². The Balaban J connectivity index is 2.04. The molecule has 0 spiro atoms. The van der Waals surface area contributed by atoms with E-state index >= 15 is 0 Å². The van der Waals surface area contributed by atoms with Gasteiger partial charge in [-0.1, -0.05) is 30.3 Å². The van der Waals surface area contributed by atoms with Crippen LogP contribution in [0.15, 0.2) is 42.5 Å². The molecule has 0 radical (unpaired) electrons. The molecule has 1 aromatic carbocycles. The van der Waals surface area contributed by atoms with Crippen LogP contribution in [0.2, 0.25) is 0 Å². The minimum Gasteiger partial charge on any atom is -0.469 e. The van der Waals surface area contributed by atoms with Crippen LogP contribution >= 0.6 is 0 Å². The second-order valence-corrected chi connectivity index (χ2v) is 6.45. The summed E-state index contributed by atoms with van der Waals surface area (Å²) in [5.41, 5.74) is 8.05. The number of aromatic nitrogens is 1. The standard InChI is InChI=1S/C21H25N3O5/c1-28-20(26)11-10-15-6-8-16(9-7-15)12-19(25)24(14-21(27)29-2)13-17-4-3-5-18(22)23-17/h3-9H,10-14H2,1-2H3,(H2,22,23). The summed E-state index contributed by atoms with van der Waals surface area (Å²) in [7, 11) is 2.63. The lowest BCUT2D eigenvalue weighted by atomic mass is 10.1. The Kier molecular flexibility index (Phi) is 8.14. The molecule has 0 saturated heterocycles. The summed E-state index contributed by atoms with van der Waals surface area (Å²) in [4.78, 5) is 41.3. The normalized spacial score (nSPS) is 10.3. The van der Waals surface area contributed by atoms with Gasteiger partial charge in [0.2, 0.25) is 5.91 Å². The largest absolute Gasteiger partial charge is 0.469 e. The fourth-order valence-corrected chi connectivity index (χ4v) is 2.69. The lowest BCUT2D eigenvalue weighted by molar-refractivity contribution is -0.147. The van der Waals surface area contributed by atoms with Gasteiger partial charge in [-0.05, 0) is 29.7 Å². The number of nitrogens with two attached hydrogens (primary N) is 1. The molecule has 2 aromatic rings. The first kappa shape index (κ1) is 21.9. The number of hydrogen-bond acceptors (Lipinski definition) is 7. The van der Waals surface area contributed by atoms with E-state index < -0.39 is 5.97 Å². The maximum atomic E-state index is 12.8. The SMILES string of the molecule is COC(=O)CCc1ccc(CC(=O)N(CC(=O)OC)Cc2cccc(N)n2)cc1. The molecule has 0 fully saturated rings. The minimum atomic E-state index is -0.514. The molecular weight excluding hydrogens is 374 g/mol. The lowest BCUT2D eigenvalue weighted by Gasteiger charge is -2.21. The van der Waals surface area contributed by atoms with Crippen molar-refractivity contribution in [2.75, 3.05) is 26.5 Å². The highest BCUT2D eigenvalue weighted by atomic mass is 16.5. The summed E-state index contributed by atoms with van der Waals surface area (Å²) in [5.74, 6) is -0.671. The third-order valence-corrected chi connectivity index (χ3v) is 4.31. The molecule has 154 valence electrons. The van der Waals surface area contributed by atoms with Crippen molar-refractivity contribution in [1.29, 1.82) is 0 Å². The highest BCUT2D eigenvalue weighted by Crippen LogP contribution is 2.11. The van der Waals surface area contributed by atoms with Gasteiger partial charge in [0.25, 0.3) is 0 Å². The smallest absolute Gasteiger partial charge is 0.325 e. The summed E-state index contributed by atoms with van der Waals surface area (Å²) < 4.78 is 9.33. The van der Waals surface area contributed by atoms with E-state index in [1.807, 2.05) is 24.3 Å². The second kappa shape index (κ2) is 10.8. The van der Waals surface area contributed by atoms with Crippen LogP contribution in [0.5, 0.6) is 0 Å². The molecule has 2 N–H and O–H groups in total. The molecule has 1 amide bonds. The van der Waals surface area contributed by atoms with Crippen molar-refractivity contribution >= 4 is 23.7 Å². The zero-order valence-corrected chi connectivity index (χ0v) is 16.6. The second-order valence-electron chi connectivity index (χ2n) is 6.45. The van der Waals surface area contributed by atoms with Crippen molar-refractivity contribution in [2.45, 2.75) is 25.8 Å². The summed E-state index contributed by atoms with van der Waals surface area (Å²) in [6.07, 6.45) is 0.988. The first-order valence-corrected chi connectivity index (χ1v) is 9.12. The number of rotatable bonds is 9. The fraction of sp³-hybridized carbons (Fsp3) is 0.333. The number of benzene rings is 1. The van der Waals surface area contributed by atoms with Gasteiger partial charge < -0.3 is 20.1 Å². The number of pyridine rings is 1. The Labute approximate surface area is 169 Å². The van der Waals surface area contributed by atoms with Crippen molar-refractivity contribution in [2.24, 2.45) is 0 Å². The van der Waals surface area contributed by atoms with Crippen molar-refractivity contribution in [3.05, 3.63) is 59.3 Å². The van der Waals surface area contributed by atoms with Gasteiger partial charge in [-0.15, -0.1) is 0 Å². The van der Waals surface area contributed by atoms with Gasteiger partial charge in [-0.25, -0.2) is 4.98 Å². The number of methoxy groups -OCH3 is 2. The monoisotopic (exact) mass is 399 g/mol. The van der Waals surface area contributed by atoms with E-state index in [2.05, 4.69) is 9.72 Å². The minimum absolute atomic E-state index is 0.122.